The summed E-state index contributed by atoms with van der Waals surface area (Å²) in [5.74, 6) is -0.736. The Kier molecular flexibility index (Phi) is 5.12. The molecular weight excluding hydrogens is 279 g/mol. The molecule has 15 heavy (non-hydrogen) atoms. The highest BCUT2D eigenvalue weighted by Crippen LogP contribution is 2.23. The normalized spacial score (nSPS) is 12.4. The maximum atomic E-state index is 11.0. The molecule has 0 spiro atoms. The predicted octanol–water partition coefficient (Wildman–Crippen LogP) is 3.64. The first kappa shape index (κ1) is 12.5. The minimum Gasteiger partial charge on any atom is -0.481 e. The summed E-state index contributed by atoms with van der Waals surface area (Å²) in [7, 11) is 0. The number of carbonyl (C=O) groups is 1. The van der Waals surface area contributed by atoms with E-state index >= 15 is 0 Å². The topological polar surface area (TPSA) is 37.3 Å². The van der Waals surface area contributed by atoms with Gasteiger partial charge in [-0.05, 0) is 30.5 Å². The van der Waals surface area contributed by atoms with E-state index < -0.39 is 11.9 Å². The molecule has 82 valence electrons. The largest absolute Gasteiger partial charge is 0.481 e. The number of carboxylic acids is 1. The van der Waals surface area contributed by atoms with E-state index in [-0.39, 0.29) is 0 Å². The number of alkyl halides is 1. The highest BCUT2D eigenvalue weighted by atomic mass is 79.9. The molecule has 0 aliphatic heterocycles. The van der Waals surface area contributed by atoms with Crippen LogP contribution in [0.25, 0.3) is 0 Å². The van der Waals surface area contributed by atoms with Crippen LogP contribution in [0, 0.1) is 0 Å². The van der Waals surface area contributed by atoms with Crippen LogP contribution in [0.1, 0.15) is 24.3 Å². The third-order valence-electron chi connectivity index (χ3n) is 2.20. The van der Waals surface area contributed by atoms with Gasteiger partial charge in [0, 0.05) is 10.4 Å². The lowest BCUT2D eigenvalue weighted by Crippen LogP contribution is -2.11. The Morgan fingerprint density at radius 2 is 2.00 bits per heavy atom. The number of benzene rings is 1. The molecule has 0 aliphatic carbocycles. The molecule has 0 fully saturated rings. The summed E-state index contributed by atoms with van der Waals surface area (Å²) in [5.41, 5.74) is 0.829. The van der Waals surface area contributed by atoms with Gasteiger partial charge >= 0.3 is 5.97 Å². The van der Waals surface area contributed by atoms with Crippen molar-refractivity contribution in [1.29, 1.82) is 0 Å². The maximum Gasteiger partial charge on any atom is 0.310 e. The van der Waals surface area contributed by atoms with E-state index in [4.69, 9.17) is 16.7 Å². The zero-order valence-electron chi connectivity index (χ0n) is 8.12. The Bertz CT molecular complexity index is 324. The molecule has 1 rings (SSSR count). The Labute approximate surface area is 102 Å². The van der Waals surface area contributed by atoms with E-state index in [0.29, 0.717) is 18.7 Å². The van der Waals surface area contributed by atoms with Crippen LogP contribution < -0.4 is 0 Å². The molecule has 1 aromatic rings. The minimum atomic E-state index is -0.789. The molecule has 0 radical (unpaired) electrons. The van der Waals surface area contributed by atoms with Gasteiger partial charge in [-0.25, -0.2) is 0 Å². The molecule has 0 saturated carbocycles. The molecule has 4 heteroatoms. The Hall–Kier alpha value is -0.540. The van der Waals surface area contributed by atoms with Gasteiger partial charge in [0.05, 0.1) is 5.92 Å². The first-order valence-electron chi connectivity index (χ1n) is 4.69. The average Bonchev–Trinajstić information content (AvgIpc) is 2.21. The number of hydrogen-bond donors (Lipinski definition) is 1. The Morgan fingerprint density at radius 1 is 1.40 bits per heavy atom. The summed E-state index contributed by atoms with van der Waals surface area (Å²) in [6.45, 7) is 0. The van der Waals surface area contributed by atoms with Gasteiger partial charge < -0.3 is 5.11 Å². The van der Waals surface area contributed by atoms with Crippen LogP contribution in [-0.2, 0) is 4.79 Å². The van der Waals surface area contributed by atoms with E-state index in [1.54, 1.807) is 0 Å². The lowest BCUT2D eigenvalue weighted by Gasteiger charge is -2.11. The Balaban J connectivity index is 2.79. The van der Waals surface area contributed by atoms with Crippen molar-refractivity contribution >= 4 is 33.5 Å². The first-order chi connectivity index (χ1) is 7.15. The van der Waals surface area contributed by atoms with Crippen LogP contribution in [0.15, 0.2) is 28.7 Å². The monoisotopic (exact) mass is 290 g/mol. The number of aliphatic carboxylic acids is 1. The molecule has 0 aromatic heterocycles. The van der Waals surface area contributed by atoms with Crippen molar-refractivity contribution in [3.63, 3.8) is 0 Å². The SMILES string of the molecule is O=C(O)[C@H](CCCCl)c1ccc(Br)cc1. The van der Waals surface area contributed by atoms with Crippen molar-refractivity contribution in [2.75, 3.05) is 5.88 Å². The molecular formula is C11H12BrClO2. The summed E-state index contributed by atoms with van der Waals surface area (Å²) in [5, 5.41) is 9.07. The zero-order valence-corrected chi connectivity index (χ0v) is 10.5. The minimum absolute atomic E-state index is 0.447. The number of hydrogen-bond acceptors (Lipinski definition) is 1. The van der Waals surface area contributed by atoms with Crippen molar-refractivity contribution in [2.24, 2.45) is 0 Å². The summed E-state index contributed by atoms with van der Waals surface area (Å²) >= 11 is 8.88. The van der Waals surface area contributed by atoms with Crippen molar-refractivity contribution in [1.82, 2.24) is 0 Å². The second kappa shape index (κ2) is 6.13. The van der Waals surface area contributed by atoms with Crippen LogP contribution in [-0.4, -0.2) is 17.0 Å². The molecule has 0 unspecified atom stereocenters. The number of halogens is 2. The van der Waals surface area contributed by atoms with Gasteiger partial charge in [-0.2, -0.15) is 0 Å². The smallest absolute Gasteiger partial charge is 0.310 e. The van der Waals surface area contributed by atoms with Gasteiger partial charge in [-0.15, -0.1) is 11.6 Å². The lowest BCUT2D eigenvalue weighted by atomic mass is 9.95. The highest BCUT2D eigenvalue weighted by molar-refractivity contribution is 9.10. The van der Waals surface area contributed by atoms with Gasteiger partial charge in [-0.1, -0.05) is 28.1 Å². The summed E-state index contributed by atoms with van der Waals surface area (Å²) in [6, 6.07) is 7.37. The van der Waals surface area contributed by atoms with Gasteiger partial charge in [0.1, 0.15) is 0 Å². The average molecular weight is 292 g/mol. The van der Waals surface area contributed by atoms with E-state index in [2.05, 4.69) is 15.9 Å². The fourth-order valence-corrected chi connectivity index (χ4v) is 1.83. The maximum absolute atomic E-state index is 11.0. The number of carboxylic acid groups (broad SMARTS) is 1. The van der Waals surface area contributed by atoms with Crippen LogP contribution in [0.3, 0.4) is 0 Å². The van der Waals surface area contributed by atoms with Gasteiger partial charge in [0.2, 0.25) is 0 Å². The molecule has 0 saturated heterocycles. The summed E-state index contributed by atoms with van der Waals surface area (Å²) < 4.78 is 0.952. The fourth-order valence-electron chi connectivity index (χ4n) is 1.41. The highest BCUT2D eigenvalue weighted by Gasteiger charge is 2.18. The van der Waals surface area contributed by atoms with Crippen LogP contribution in [0.4, 0.5) is 0 Å². The van der Waals surface area contributed by atoms with E-state index in [1.165, 1.54) is 0 Å². The predicted molar refractivity (Wildman–Crippen MR) is 64.5 cm³/mol. The van der Waals surface area contributed by atoms with Crippen LogP contribution >= 0.6 is 27.5 Å². The third kappa shape index (κ3) is 3.84. The second-order valence-electron chi connectivity index (χ2n) is 3.27. The standard InChI is InChI=1S/C11H12BrClO2/c12-9-5-3-8(4-6-9)10(11(14)15)2-1-7-13/h3-6,10H,1-2,7H2,(H,14,15)/t10-/m1/s1. The van der Waals surface area contributed by atoms with Crippen molar-refractivity contribution in [2.45, 2.75) is 18.8 Å². The van der Waals surface area contributed by atoms with E-state index in [9.17, 15) is 4.79 Å². The quantitative estimate of drug-likeness (QED) is 0.841. The molecule has 2 nitrogen and oxygen atoms in total. The molecule has 0 aliphatic rings. The molecule has 1 atom stereocenters. The van der Waals surface area contributed by atoms with E-state index in [0.717, 1.165) is 10.0 Å². The Morgan fingerprint density at radius 3 is 2.47 bits per heavy atom. The molecule has 1 aromatic carbocycles. The van der Waals surface area contributed by atoms with Crippen molar-refractivity contribution in [3.8, 4) is 0 Å². The van der Waals surface area contributed by atoms with Crippen LogP contribution in [0.5, 0.6) is 0 Å². The number of rotatable bonds is 5. The van der Waals surface area contributed by atoms with Crippen molar-refractivity contribution in [3.05, 3.63) is 34.3 Å². The molecule has 1 N–H and O–H groups in total. The van der Waals surface area contributed by atoms with Crippen molar-refractivity contribution < 1.29 is 9.90 Å². The van der Waals surface area contributed by atoms with E-state index in [1.807, 2.05) is 24.3 Å². The van der Waals surface area contributed by atoms with Crippen LogP contribution in [0.2, 0.25) is 0 Å². The lowest BCUT2D eigenvalue weighted by molar-refractivity contribution is -0.139. The third-order valence-corrected chi connectivity index (χ3v) is 2.99. The summed E-state index contributed by atoms with van der Waals surface area (Å²) in [4.78, 5) is 11.0. The van der Waals surface area contributed by atoms with Gasteiger partial charge in [0.15, 0.2) is 0 Å². The molecule has 0 amide bonds. The first-order valence-corrected chi connectivity index (χ1v) is 6.02. The van der Waals surface area contributed by atoms with Gasteiger partial charge in [-0.3, -0.25) is 4.79 Å². The molecule has 0 heterocycles. The molecule has 0 bridgehead atoms. The second-order valence-corrected chi connectivity index (χ2v) is 4.57. The van der Waals surface area contributed by atoms with Gasteiger partial charge in [0.25, 0.3) is 0 Å². The fraction of sp³-hybridized carbons (Fsp3) is 0.364. The zero-order chi connectivity index (χ0) is 11.3. The summed E-state index contributed by atoms with van der Waals surface area (Å²) in [6.07, 6.45) is 1.30.